The van der Waals surface area contributed by atoms with Crippen LogP contribution in [0.15, 0.2) is 24.3 Å². The number of ether oxygens (including phenoxy) is 2. The van der Waals surface area contributed by atoms with Crippen molar-refractivity contribution in [2.45, 2.75) is 26.7 Å². The zero-order chi connectivity index (χ0) is 14.8. The van der Waals surface area contributed by atoms with E-state index in [1.165, 1.54) is 0 Å². The predicted octanol–water partition coefficient (Wildman–Crippen LogP) is 3.71. The van der Waals surface area contributed by atoms with Gasteiger partial charge in [0.05, 0.1) is 7.11 Å². The van der Waals surface area contributed by atoms with Gasteiger partial charge in [0.1, 0.15) is 18.1 Å². The molecule has 0 bridgehead atoms. The molecule has 0 unspecified atom stereocenters. The van der Waals surface area contributed by atoms with Crippen LogP contribution in [0.2, 0.25) is 0 Å². The number of alkyl halides is 1. The summed E-state index contributed by atoms with van der Waals surface area (Å²) in [4.78, 5) is 0. The number of methoxy groups -OCH3 is 1. The third-order valence-corrected chi connectivity index (χ3v) is 3.47. The van der Waals surface area contributed by atoms with E-state index in [1.807, 2.05) is 24.3 Å². The van der Waals surface area contributed by atoms with Crippen molar-refractivity contribution < 1.29 is 9.47 Å². The van der Waals surface area contributed by atoms with Crippen molar-refractivity contribution >= 4 is 11.6 Å². The van der Waals surface area contributed by atoms with Crippen LogP contribution in [0.5, 0.6) is 11.5 Å². The van der Waals surface area contributed by atoms with Crippen LogP contribution in [0.4, 0.5) is 0 Å². The average Bonchev–Trinajstić information content (AvgIpc) is 2.45. The fourth-order valence-corrected chi connectivity index (χ4v) is 2.11. The van der Waals surface area contributed by atoms with Crippen molar-refractivity contribution in [1.82, 2.24) is 5.32 Å². The van der Waals surface area contributed by atoms with Crippen LogP contribution in [0.1, 0.15) is 26.7 Å². The van der Waals surface area contributed by atoms with E-state index in [4.69, 9.17) is 21.1 Å². The molecule has 1 N–H and O–H groups in total. The molecular formula is C16H26ClNO2. The minimum absolute atomic E-state index is 0.287. The van der Waals surface area contributed by atoms with E-state index >= 15 is 0 Å². The van der Waals surface area contributed by atoms with Crippen molar-refractivity contribution in [2.24, 2.45) is 5.41 Å². The molecule has 20 heavy (non-hydrogen) atoms. The van der Waals surface area contributed by atoms with Crippen molar-refractivity contribution in [3.8, 4) is 11.5 Å². The maximum absolute atomic E-state index is 5.73. The number of halogens is 1. The molecule has 3 nitrogen and oxygen atoms in total. The zero-order valence-electron chi connectivity index (χ0n) is 12.7. The van der Waals surface area contributed by atoms with E-state index in [9.17, 15) is 0 Å². The van der Waals surface area contributed by atoms with E-state index in [0.29, 0.717) is 6.61 Å². The number of nitrogens with one attached hydrogen (secondary N) is 1. The Labute approximate surface area is 127 Å². The lowest BCUT2D eigenvalue weighted by Crippen LogP contribution is -2.32. The molecule has 0 amide bonds. The molecule has 1 rings (SSSR count). The third-order valence-electron chi connectivity index (χ3n) is 3.20. The SMILES string of the molecule is COc1ccc(OCCNCC(C)(C)CCCCl)cc1. The molecule has 0 saturated carbocycles. The summed E-state index contributed by atoms with van der Waals surface area (Å²) in [6.07, 6.45) is 2.21. The summed E-state index contributed by atoms with van der Waals surface area (Å²) in [5.41, 5.74) is 0.287. The Hall–Kier alpha value is -0.930. The second-order valence-corrected chi connectivity index (χ2v) is 6.04. The van der Waals surface area contributed by atoms with Crippen molar-refractivity contribution in [3.63, 3.8) is 0 Å². The highest BCUT2D eigenvalue weighted by Gasteiger charge is 2.16. The first-order valence-corrected chi connectivity index (χ1v) is 7.64. The lowest BCUT2D eigenvalue weighted by atomic mass is 9.88. The Morgan fingerprint density at radius 3 is 2.40 bits per heavy atom. The maximum Gasteiger partial charge on any atom is 0.119 e. The Morgan fingerprint density at radius 1 is 1.15 bits per heavy atom. The van der Waals surface area contributed by atoms with E-state index in [1.54, 1.807) is 7.11 Å². The fraction of sp³-hybridized carbons (Fsp3) is 0.625. The summed E-state index contributed by atoms with van der Waals surface area (Å²) >= 11 is 5.73. The fourth-order valence-electron chi connectivity index (χ4n) is 1.97. The molecule has 1 aromatic rings. The Bertz CT molecular complexity index is 365. The van der Waals surface area contributed by atoms with Crippen molar-refractivity contribution in [1.29, 1.82) is 0 Å². The molecule has 0 fully saturated rings. The van der Waals surface area contributed by atoms with Gasteiger partial charge in [-0.3, -0.25) is 0 Å². The second-order valence-electron chi connectivity index (χ2n) is 5.66. The largest absolute Gasteiger partial charge is 0.497 e. The standard InChI is InChI=1S/C16H26ClNO2/c1-16(2,9-4-10-17)13-18-11-12-20-15-7-5-14(19-3)6-8-15/h5-8,18H,4,9-13H2,1-3H3. The minimum atomic E-state index is 0.287. The molecule has 4 heteroatoms. The van der Waals surface area contributed by atoms with Gasteiger partial charge >= 0.3 is 0 Å². The third kappa shape index (κ3) is 7.01. The summed E-state index contributed by atoms with van der Waals surface area (Å²) in [7, 11) is 1.66. The second kappa shape index (κ2) is 9.09. The van der Waals surface area contributed by atoms with Gasteiger partial charge in [-0.1, -0.05) is 13.8 Å². The highest BCUT2D eigenvalue weighted by Crippen LogP contribution is 2.21. The Balaban J connectivity index is 2.15. The molecule has 0 aliphatic carbocycles. The molecule has 114 valence electrons. The lowest BCUT2D eigenvalue weighted by Gasteiger charge is -2.24. The highest BCUT2D eigenvalue weighted by atomic mass is 35.5. The molecule has 0 spiro atoms. The molecule has 0 atom stereocenters. The molecule has 0 radical (unpaired) electrons. The first kappa shape index (κ1) is 17.1. The molecule has 0 heterocycles. The van der Waals surface area contributed by atoms with Crippen LogP contribution in [0.25, 0.3) is 0 Å². The monoisotopic (exact) mass is 299 g/mol. The number of rotatable bonds is 10. The lowest BCUT2D eigenvalue weighted by molar-refractivity contribution is 0.277. The van der Waals surface area contributed by atoms with Crippen LogP contribution in [-0.2, 0) is 0 Å². The minimum Gasteiger partial charge on any atom is -0.497 e. The summed E-state index contributed by atoms with van der Waals surface area (Å²) in [5, 5.41) is 3.43. The number of hydrogen-bond acceptors (Lipinski definition) is 3. The molecule has 0 aliphatic rings. The molecular weight excluding hydrogens is 274 g/mol. The summed E-state index contributed by atoms with van der Waals surface area (Å²) in [6, 6.07) is 7.64. The first-order chi connectivity index (χ1) is 9.57. The Morgan fingerprint density at radius 2 is 1.80 bits per heavy atom. The van der Waals surface area contributed by atoms with E-state index < -0.39 is 0 Å². The van der Waals surface area contributed by atoms with Gasteiger partial charge in [-0.05, 0) is 42.5 Å². The zero-order valence-corrected chi connectivity index (χ0v) is 13.5. The van der Waals surface area contributed by atoms with E-state index in [-0.39, 0.29) is 5.41 Å². The van der Waals surface area contributed by atoms with E-state index in [2.05, 4.69) is 19.2 Å². The van der Waals surface area contributed by atoms with Crippen LogP contribution >= 0.6 is 11.6 Å². The van der Waals surface area contributed by atoms with Gasteiger partial charge in [0, 0.05) is 19.0 Å². The van der Waals surface area contributed by atoms with Crippen LogP contribution in [0.3, 0.4) is 0 Å². The molecule has 0 saturated heterocycles. The van der Waals surface area contributed by atoms with Gasteiger partial charge in [0.2, 0.25) is 0 Å². The highest BCUT2D eigenvalue weighted by molar-refractivity contribution is 6.17. The van der Waals surface area contributed by atoms with Gasteiger partial charge in [0.15, 0.2) is 0 Å². The van der Waals surface area contributed by atoms with Gasteiger partial charge in [-0.25, -0.2) is 0 Å². The van der Waals surface area contributed by atoms with Crippen LogP contribution in [-0.4, -0.2) is 32.7 Å². The normalized spacial score (nSPS) is 11.4. The van der Waals surface area contributed by atoms with Gasteiger partial charge < -0.3 is 14.8 Å². The molecule has 1 aromatic carbocycles. The maximum atomic E-state index is 5.73. The number of benzene rings is 1. The predicted molar refractivity (Wildman–Crippen MR) is 85.1 cm³/mol. The summed E-state index contributed by atoms with van der Waals surface area (Å²) in [5.74, 6) is 2.45. The quantitative estimate of drug-likeness (QED) is 0.528. The summed E-state index contributed by atoms with van der Waals surface area (Å²) < 4.78 is 10.8. The van der Waals surface area contributed by atoms with Crippen molar-refractivity contribution in [2.75, 3.05) is 32.7 Å². The van der Waals surface area contributed by atoms with Crippen LogP contribution in [0, 0.1) is 5.41 Å². The van der Waals surface area contributed by atoms with Gasteiger partial charge in [-0.15, -0.1) is 11.6 Å². The first-order valence-electron chi connectivity index (χ1n) is 7.11. The summed E-state index contributed by atoms with van der Waals surface area (Å²) in [6.45, 7) is 7.01. The topological polar surface area (TPSA) is 30.5 Å². The molecule has 0 aliphatic heterocycles. The average molecular weight is 300 g/mol. The van der Waals surface area contributed by atoms with Gasteiger partial charge in [-0.2, -0.15) is 0 Å². The molecule has 0 aromatic heterocycles. The smallest absolute Gasteiger partial charge is 0.119 e. The van der Waals surface area contributed by atoms with Gasteiger partial charge in [0.25, 0.3) is 0 Å². The van der Waals surface area contributed by atoms with Crippen LogP contribution < -0.4 is 14.8 Å². The van der Waals surface area contributed by atoms with Crippen molar-refractivity contribution in [3.05, 3.63) is 24.3 Å². The Kier molecular flexibility index (Phi) is 7.78. The van der Waals surface area contributed by atoms with E-state index in [0.717, 1.165) is 43.3 Å². The number of hydrogen-bond donors (Lipinski definition) is 1.